The highest BCUT2D eigenvalue weighted by Crippen LogP contribution is 2.22. The number of aromatic nitrogens is 1. The van der Waals surface area contributed by atoms with Crippen LogP contribution in [0.4, 0.5) is 0 Å². The molecule has 0 spiro atoms. The maximum atomic E-state index is 12.3. The van der Waals surface area contributed by atoms with Crippen LogP contribution >= 0.6 is 0 Å². The quantitative estimate of drug-likeness (QED) is 0.381. The van der Waals surface area contributed by atoms with Gasteiger partial charge in [0.25, 0.3) is 5.91 Å². The lowest BCUT2D eigenvalue weighted by Crippen LogP contribution is -2.38. The molecule has 0 atom stereocenters. The second-order valence-corrected chi connectivity index (χ2v) is 5.08. The molecule has 0 aliphatic heterocycles. The molecule has 6 nitrogen and oxygen atoms in total. The van der Waals surface area contributed by atoms with Gasteiger partial charge in [0.1, 0.15) is 0 Å². The Bertz CT molecular complexity index is 893. The molecule has 2 aromatic carbocycles. The molecule has 0 saturated heterocycles. The van der Waals surface area contributed by atoms with Crippen LogP contribution < -0.4 is 10.9 Å². The second kappa shape index (κ2) is 6.41. The summed E-state index contributed by atoms with van der Waals surface area (Å²) in [4.78, 5) is 27.3. The van der Waals surface area contributed by atoms with Gasteiger partial charge in [-0.3, -0.25) is 15.0 Å². The van der Waals surface area contributed by atoms with E-state index < -0.39 is 5.97 Å². The summed E-state index contributed by atoms with van der Waals surface area (Å²) in [5.74, 6) is -1.24. The van der Waals surface area contributed by atoms with Crippen LogP contribution in [0, 0.1) is 0 Å². The van der Waals surface area contributed by atoms with E-state index in [2.05, 4.69) is 15.8 Å². The van der Waals surface area contributed by atoms with Crippen LogP contribution in [0.3, 0.4) is 0 Å². The number of hydrazine groups is 1. The van der Waals surface area contributed by atoms with Crippen molar-refractivity contribution < 1.29 is 14.7 Å². The van der Waals surface area contributed by atoms with Gasteiger partial charge in [-0.2, -0.15) is 0 Å². The number of para-hydroxylation sites is 1. The largest absolute Gasteiger partial charge is 0.481 e. The molecular formula is C17H15N3O3. The molecule has 0 fully saturated rings. The van der Waals surface area contributed by atoms with Crippen LogP contribution in [0.1, 0.15) is 16.8 Å². The SMILES string of the molecule is O=C(O)CCNNC(=O)c1cccc2nc3ccccc3cc12. The molecular weight excluding hydrogens is 294 g/mol. The third kappa shape index (κ3) is 3.27. The number of carbonyl (C=O) groups is 2. The number of pyridine rings is 1. The zero-order valence-corrected chi connectivity index (χ0v) is 12.2. The minimum atomic E-state index is -0.924. The molecule has 1 heterocycles. The summed E-state index contributed by atoms with van der Waals surface area (Å²) in [6, 6.07) is 15.0. The average Bonchev–Trinajstić information content (AvgIpc) is 2.56. The monoisotopic (exact) mass is 309 g/mol. The van der Waals surface area contributed by atoms with Gasteiger partial charge < -0.3 is 5.11 Å². The van der Waals surface area contributed by atoms with Crippen LogP contribution in [0.5, 0.6) is 0 Å². The van der Waals surface area contributed by atoms with Gasteiger partial charge in [-0.15, -0.1) is 0 Å². The van der Waals surface area contributed by atoms with Crippen LogP contribution in [0.15, 0.2) is 48.5 Å². The van der Waals surface area contributed by atoms with Gasteiger partial charge >= 0.3 is 5.97 Å². The standard InChI is InChI=1S/C17H15N3O3/c21-16(22)8-9-18-20-17(23)12-5-3-7-15-13(12)10-11-4-1-2-6-14(11)19-15/h1-7,10,18H,8-9H2,(H,20,23)(H,21,22). The minimum Gasteiger partial charge on any atom is -0.481 e. The summed E-state index contributed by atoms with van der Waals surface area (Å²) in [5.41, 5.74) is 7.23. The molecule has 0 bridgehead atoms. The molecule has 0 aliphatic carbocycles. The van der Waals surface area contributed by atoms with E-state index in [9.17, 15) is 9.59 Å². The lowest BCUT2D eigenvalue weighted by atomic mass is 10.1. The van der Waals surface area contributed by atoms with E-state index in [1.807, 2.05) is 36.4 Å². The van der Waals surface area contributed by atoms with Gasteiger partial charge in [-0.1, -0.05) is 24.3 Å². The van der Waals surface area contributed by atoms with Crippen molar-refractivity contribution in [2.24, 2.45) is 0 Å². The molecule has 1 amide bonds. The van der Waals surface area contributed by atoms with Crippen LogP contribution in [0.25, 0.3) is 21.8 Å². The van der Waals surface area contributed by atoms with Crippen molar-refractivity contribution in [2.75, 3.05) is 6.54 Å². The van der Waals surface area contributed by atoms with E-state index in [1.54, 1.807) is 12.1 Å². The Morgan fingerprint density at radius 3 is 2.65 bits per heavy atom. The van der Waals surface area contributed by atoms with Crippen molar-refractivity contribution in [1.29, 1.82) is 0 Å². The predicted octanol–water partition coefficient (Wildman–Crippen LogP) is 2.10. The fraction of sp³-hybridized carbons (Fsp3) is 0.118. The summed E-state index contributed by atoms with van der Waals surface area (Å²) in [6.45, 7) is 0.160. The Balaban J connectivity index is 1.89. The van der Waals surface area contributed by atoms with Gasteiger partial charge in [-0.05, 0) is 24.3 Å². The molecule has 6 heteroatoms. The number of hydrogen-bond acceptors (Lipinski definition) is 4. The molecule has 3 aromatic rings. The number of carbonyl (C=O) groups excluding carboxylic acids is 1. The molecule has 0 aliphatic rings. The van der Waals surface area contributed by atoms with E-state index in [0.717, 1.165) is 21.8 Å². The molecule has 3 rings (SSSR count). The Morgan fingerprint density at radius 1 is 1.04 bits per heavy atom. The summed E-state index contributed by atoms with van der Waals surface area (Å²) >= 11 is 0. The maximum Gasteiger partial charge on any atom is 0.304 e. The summed E-state index contributed by atoms with van der Waals surface area (Å²) in [6.07, 6.45) is -0.0674. The van der Waals surface area contributed by atoms with Crippen LogP contribution in [-0.2, 0) is 4.79 Å². The summed E-state index contributed by atoms with van der Waals surface area (Å²) < 4.78 is 0. The highest BCUT2D eigenvalue weighted by molar-refractivity contribution is 6.08. The van der Waals surface area contributed by atoms with Gasteiger partial charge in [-0.25, -0.2) is 10.4 Å². The third-order valence-corrected chi connectivity index (χ3v) is 3.47. The van der Waals surface area contributed by atoms with Crippen molar-refractivity contribution in [3.63, 3.8) is 0 Å². The summed E-state index contributed by atoms with van der Waals surface area (Å²) in [7, 11) is 0. The first kappa shape index (κ1) is 14.9. The number of nitrogens with zero attached hydrogens (tertiary/aromatic N) is 1. The number of amides is 1. The van der Waals surface area contributed by atoms with Gasteiger partial charge in [0.2, 0.25) is 0 Å². The van der Waals surface area contributed by atoms with E-state index in [-0.39, 0.29) is 18.9 Å². The number of carboxylic acids is 1. The second-order valence-electron chi connectivity index (χ2n) is 5.08. The number of rotatable bonds is 5. The number of nitrogens with one attached hydrogen (secondary N) is 2. The average molecular weight is 309 g/mol. The van der Waals surface area contributed by atoms with E-state index in [1.165, 1.54) is 0 Å². The van der Waals surface area contributed by atoms with E-state index in [4.69, 9.17) is 5.11 Å². The maximum absolute atomic E-state index is 12.3. The zero-order chi connectivity index (χ0) is 16.2. The Hall–Kier alpha value is -2.99. The van der Waals surface area contributed by atoms with Crippen molar-refractivity contribution in [2.45, 2.75) is 6.42 Å². The fourth-order valence-electron chi connectivity index (χ4n) is 2.38. The van der Waals surface area contributed by atoms with Crippen LogP contribution in [0.2, 0.25) is 0 Å². The Labute approximate surface area is 132 Å². The Morgan fingerprint density at radius 2 is 1.83 bits per heavy atom. The third-order valence-electron chi connectivity index (χ3n) is 3.47. The number of benzene rings is 2. The minimum absolute atomic E-state index is 0.0674. The molecule has 0 saturated carbocycles. The molecule has 23 heavy (non-hydrogen) atoms. The highest BCUT2D eigenvalue weighted by atomic mass is 16.4. The van der Waals surface area contributed by atoms with Crippen LogP contribution in [-0.4, -0.2) is 28.5 Å². The number of aliphatic carboxylic acids is 1. The molecule has 3 N–H and O–H groups in total. The molecule has 116 valence electrons. The predicted molar refractivity (Wildman–Crippen MR) is 87.0 cm³/mol. The topological polar surface area (TPSA) is 91.3 Å². The number of carboxylic acid groups (broad SMARTS) is 1. The molecule has 1 aromatic heterocycles. The van der Waals surface area contributed by atoms with Gasteiger partial charge in [0, 0.05) is 17.3 Å². The first-order chi connectivity index (χ1) is 11.1. The normalized spacial score (nSPS) is 10.8. The zero-order valence-electron chi connectivity index (χ0n) is 12.2. The van der Waals surface area contributed by atoms with E-state index >= 15 is 0 Å². The molecule has 0 radical (unpaired) electrons. The number of hydrogen-bond donors (Lipinski definition) is 3. The van der Waals surface area contributed by atoms with Gasteiger partial charge in [0.15, 0.2) is 0 Å². The Kier molecular flexibility index (Phi) is 4.16. The smallest absolute Gasteiger partial charge is 0.304 e. The lowest BCUT2D eigenvalue weighted by Gasteiger charge is -2.09. The van der Waals surface area contributed by atoms with Crippen molar-refractivity contribution in [3.05, 3.63) is 54.1 Å². The first-order valence-corrected chi connectivity index (χ1v) is 7.18. The van der Waals surface area contributed by atoms with Crippen molar-refractivity contribution in [3.8, 4) is 0 Å². The molecule has 0 unspecified atom stereocenters. The summed E-state index contributed by atoms with van der Waals surface area (Å²) in [5, 5.41) is 10.3. The first-order valence-electron chi connectivity index (χ1n) is 7.18. The lowest BCUT2D eigenvalue weighted by molar-refractivity contribution is -0.136. The van der Waals surface area contributed by atoms with E-state index in [0.29, 0.717) is 5.56 Å². The highest BCUT2D eigenvalue weighted by Gasteiger charge is 2.11. The number of fused-ring (bicyclic) bond motifs is 2. The van der Waals surface area contributed by atoms with Gasteiger partial charge in [0.05, 0.1) is 23.0 Å². The fourth-order valence-corrected chi connectivity index (χ4v) is 2.38. The van der Waals surface area contributed by atoms with Crippen molar-refractivity contribution >= 4 is 33.7 Å². The van der Waals surface area contributed by atoms with Crippen molar-refractivity contribution in [1.82, 2.24) is 15.8 Å².